The Kier molecular flexibility index (Phi) is 5.66. The number of non-ortho nitro benzene ring substituents is 1. The second kappa shape index (κ2) is 8.23. The van der Waals surface area contributed by atoms with Crippen molar-refractivity contribution >= 4 is 74.9 Å². The molecule has 1 aliphatic heterocycles. The lowest BCUT2D eigenvalue weighted by Crippen LogP contribution is -2.27. The lowest BCUT2D eigenvalue weighted by Gasteiger charge is -2.13. The third kappa shape index (κ3) is 3.87. The molecule has 2 aromatic carbocycles. The second-order valence-corrected chi connectivity index (χ2v) is 8.55. The number of nitro groups is 1. The smallest absolute Gasteiger partial charge is 0.270 e. The van der Waals surface area contributed by atoms with Gasteiger partial charge in [-0.25, -0.2) is 0 Å². The Labute approximate surface area is 190 Å². The maximum Gasteiger partial charge on any atom is 0.270 e. The van der Waals surface area contributed by atoms with E-state index < -0.39 is 4.92 Å². The van der Waals surface area contributed by atoms with Gasteiger partial charge in [0.05, 0.1) is 25.6 Å². The lowest BCUT2D eigenvalue weighted by molar-refractivity contribution is -0.384. The topological polar surface area (TPSA) is 76.6 Å². The number of nitro benzene ring substituents is 1. The van der Waals surface area contributed by atoms with E-state index in [0.29, 0.717) is 42.0 Å². The van der Waals surface area contributed by atoms with Crippen LogP contribution in [0.15, 0.2) is 63.9 Å². The van der Waals surface area contributed by atoms with E-state index in [-0.39, 0.29) is 11.6 Å². The van der Waals surface area contributed by atoms with E-state index in [0.717, 1.165) is 11.8 Å². The predicted molar refractivity (Wildman–Crippen MR) is 123 cm³/mol. The van der Waals surface area contributed by atoms with E-state index in [9.17, 15) is 14.9 Å². The Morgan fingerprint density at radius 1 is 1.10 bits per heavy atom. The minimum atomic E-state index is -0.505. The fraction of sp³-hybridized carbons (Fsp3) is 0. The average molecular weight is 477 g/mol. The molecule has 1 saturated heterocycles. The summed E-state index contributed by atoms with van der Waals surface area (Å²) in [6, 6.07) is 14.3. The third-order valence-electron chi connectivity index (χ3n) is 4.23. The van der Waals surface area contributed by atoms with Crippen LogP contribution in [0.4, 0.5) is 11.4 Å². The van der Waals surface area contributed by atoms with Crippen molar-refractivity contribution in [3.8, 4) is 11.3 Å². The van der Waals surface area contributed by atoms with Crippen LogP contribution in [-0.2, 0) is 4.79 Å². The standard InChI is InChI=1S/C20H10Cl2N2O4S2/c21-15-3-1-2-14(18(15)22)16-9-8-13(28-16)10-17-19(25)23(20(29)30-17)11-4-6-12(7-5-11)24(26)27/h1-10H/b17-10-. The molecule has 1 aromatic heterocycles. The van der Waals surface area contributed by atoms with Gasteiger partial charge < -0.3 is 4.42 Å². The first kappa shape index (κ1) is 20.6. The minimum absolute atomic E-state index is 0.0671. The van der Waals surface area contributed by atoms with E-state index >= 15 is 0 Å². The number of benzene rings is 2. The third-order valence-corrected chi connectivity index (χ3v) is 6.35. The first-order valence-electron chi connectivity index (χ1n) is 8.42. The Morgan fingerprint density at radius 2 is 1.83 bits per heavy atom. The van der Waals surface area contributed by atoms with Gasteiger partial charge >= 0.3 is 0 Å². The number of halogens is 2. The summed E-state index contributed by atoms with van der Waals surface area (Å²) in [5, 5.41) is 11.6. The molecule has 1 fully saturated rings. The SMILES string of the molecule is O=C1/C(=C/c2ccc(-c3cccc(Cl)c3Cl)o2)SC(=S)N1c1ccc([N+](=O)[O-])cc1. The van der Waals surface area contributed by atoms with Gasteiger partial charge in [-0.2, -0.15) is 0 Å². The van der Waals surface area contributed by atoms with Gasteiger partial charge in [0.15, 0.2) is 4.32 Å². The van der Waals surface area contributed by atoms with E-state index in [2.05, 4.69) is 0 Å². The molecule has 2 heterocycles. The summed E-state index contributed by atoms with van der Waals surface area (Å²) < 4.78 is 6.14. The molecule has 30 heavy (non-hydrogen) atoms. The first-order chi connectivity index (χ1) is 14.3. The van der Waals surface area contributed by atoms with Crippen molar-refractivity contribution in [1.82, 2.24) is 0 Å². The van der Waals surface area contributed by atoms with E-state index in [4.69, 9.17) is 39.8 Å². The van der Waals surface area contributed by atoms with E-state index in [1.54, 1.807) is 36.4 Å². The Bertz CT molecular complexity index is 1220. The molecule has 4 rings (SSSR count). The van der Waals surface area contributed by atoms with Crippen LogP contribution in [0.1, 0.15) is 5.76 Å². The molecule has 3 aromatic rings. The van der Waals surface area contributed by atoms with Crippen molar-refractivity contribution in [3.05, 3.63) is 85.4 Å². The summed E-state index contributed by atoms with van der Waals surface area (Å²) in [6.07, 6.45) is 1.59. The van der Waals surface area contributed by atoms with Crippen molar-refractivity contribution in [2.75, 3.05) is 4.90 Å². The van der Waals surface area contributed by atoms with Crippen molar-refractivity contribution in [2.45, 2.75) is 0 Å². The number of hydrogen-bond donors (Lipinski definition) is 0. The van der Waals surface area contributed by atoms with Crippen LogP contribution in [0.5, 0.6) is 0 Å². The van der Waals surface area contributed by atoms with Crippen LogP contribution in [-0.4, -0.2) is 15.2 Å². The fourth-order valence-electron chi connectivity index (χ4n) is 2.81. The molecule has 150 valence electrons. The number of furan rings is 1. The normalized spacial score (nSPS) is 15.3. The lowest BCUT2D eigenvalue weighted by atomic mass is 10.2. The molecular formula is C20H10Cl2N2O4S2. The van der Waals surface area contributed by atoms with Gasteiger partial charge in [0.1, 0.15) is 11.5 Å². The molecule has 10 heteroatoms. The number of carbonyl (C=O) groups is 1. The number of nitrogens with zero attached hydrogens (tertiary/aromatic N) is 2. The molecule has 0 unspecified atom stereocenters. The molecular weight excluding hydrogens is 467 g/mol. The number of anilines is 1. The van der Waals surface area contributed by atoms with Crippen LogP contribution >= 0.6 is 47.2 Å². The van der Waals surface area contributed by atoms with Crippen LogP contribution in [0, 0.1) is 10.1 Å². The Morgan fingerprint density at radius 3 is 2.53 bits per heavy atom. The molecule has 1 aliphatic rings. The van der Waals surface area contributed by atoms with Gasteiger partial charge in [-0.05, 0) is 36.4 Å². The number of rotatable bonds is 4. The van der Waals surface area contributed by atoms with Crippen molar-refractivity contribution in [3.63, 3.8) is 0 Å². The maximum atomic E-state index is 12.9. The van der Waals surface area contributed by atoms with E-state index in [1.165, 1.54) is 29.2 Å². The average Bonchev–Trinajstić information content (AvgIpc) is 3.28. The van der Waals surface area contributed by atoms with Crippen LogP contribution in [0.25, 0.3) is 17.4 Å². The number of hydrogen-bond acceptors (Lipinski definition) is 6. The molecule has 0 N–H and O–H groups in total. The summed E-state index contributed by atoms with van der Waals surface area (Å²) in [5.74, 6) is 0.627. The molecule has 0 bridgehead atoms. The fourth-order valence-corrected chi connectivity index (χ4v) is 4.48. The maximum absolute atomic E-state index is 12.9. The Hall–Kier alpha value is -2.65. The minimum Gasteiger partial charge on any atom is -0.457 e. The van der Waals surface area contributed by atoms with Gasteiger partial charge in [-0.1, -0.05) is 53.2 Å². The summed E-state index contributed by atoms with van der Waals surface area (Å²) >= 11 is 18.7. The monoisotopic (exact) mass is 476 g/mol. The summed E-state index contributed by atoms with van der Waals surface area (Å²) in [5.41, 5.74) is 1.03. The quantitative estimate of drug-likeness (QED) is 0.183. The number of thiocarbonyl (C=S) groups is 1. The number of carbonyl (C=O) groups excluding carboxylic acids is 1. The van der Waals surface area contributed by atoms with Gasteiger partial charge in [0.25, 0.3) is 11.6 Å². The molecule has 0 atom stereocenters. The highest BCUT2D eigenvalue weighted by atomic mass is 35.5. The molecule has 0 aliphatic carbocycles. The summed E-state index contributed by atoms with van der Waals surface area (Å²) in [4.78, 5) is 24.9. The zero-order chi connectivity index (χ0) is 21.4. The van der Waals surface area contributed by atoms with Gasteiger partial charge in [0.2, 0.25) is 0 Å². The van der Waals surface area contributed by atoms with Crippen molar-refractivity contribution in [2.24, 2.45) is 0 Å². The highest BCUT2D eigenvalue weighted by Gasteiger charge is 2.33. The predicted octanol–water partition coefficient (Wildman–Crippen LogP) is 6.57. The zero-order valence-electron chi connectivity index (χ0n) is 14.9. The first-order valence-corrected chi connectivity index (χ1v) is 10.4. The molecule has 0 radical (unpaired) electrons. The molecule has 0 saturated carbocycles. The summed E-state index contributed by atoms with van der Waals surface area (Å²) in [6.45, 7) is 0. The van der Waals surface area contributed by atoms with E-state index in [1.807, 2.05) is 0 Å². The highest BCUT2D eigenvalue weighted by molar-refractivity contribution is 8.27. The molecule has 6 nitrogen and oxygen atoms in total. The van der Waals surface area contributed by atoms with Crippen molar-refractivity contribution in [1.29, 1.82) is 0 Å². The van der Waals surface area contributed by atoms with Gasteiger partial charge in [-0.3, -0.25) is 19.8 Å². The van der Waals surface area contributed by atoms with Gasteiger partial charge in [0, 0.05) is 23.8 Å². The highest BCUT2D eigenvalue weighted by Crippen LogP contribution is 2.38. The number of amides is 1. The zero-order valence-corrected chi connectivity index (χ0v) is 18.0. The van der Waals surface area contributed by atoms with Crippen molar-refractivity contribution < 1.29 is 14.1 Å². The molecule has 1 amide bonds. The van der Waals surface area contributed by atoms with Crippen LogP contribution < -0.4 is 4.90 Å². The van der Waals surface area contributed by atoms with Crippen LogP contribution in [0.2, 0.25) is 10.0 Å². The summed E-state index contributed by atoms with van der Waals surface area (Å²) in [7, 11) is 0. The number of thioether (sulfide) groups is 1. The largest absolute Gasteiger partial charge is 0.457 e. The second-order valence-electron chi connectivity index (χ2n) is 6.09. The van der Waals surface area contributed by atoms with Crippen LogP contribution in [0.3, 0.4) is 0 Å². The molecule has 0 spiro atoms. The van der Waals surface area contributed by atoms with Gasteiger partial charge in [-0.15, -0.1) is 0 Å². The Balaban J connectivity index is 1.60.